The smallest absolute Gasteiger partial charge is 0.216 e. The van der Waals surface area contributed by atoms with Crippen LogP contribution < -0.4 is 0 Å². The molecule has 0 aliphatic rings. The third kappa shape index (κ3) is 8.79. The van der Waals surface area contributed by atoms with E-state index in [2.05, 4.69) is 9.78 Å². The van der Waals surface area contributed by atoms with E-state index >= 15 is 0 Å². The van der Waals surface area contributed by atoms with Crippen molar-refractivity contribution in [1.82, 2.24) is 0 Å². The first-order valence-electron chi connectivity index (χ1n) is 2.37. The van der Waals surface area contributed by atoms with Crippen LogP contribution in [0, 0.1) is 0 Å². The highest BCUT2D eigenvalue weighted by molar-refractivity contribution is 6.67. The normalized spacial score (nSPS) is 12.0. The maximum atomic E-state index is 5.29. The number of rotatable bonds is 3. The van der Waals surface area contributed by atoms with E-state index in [4.69, 9.17) is 34.8 Å². The molecular weight excluding hydrogens is 186 g/mol. The molecule has 0 atom stereocenters. The van der Waals surface area contributed by atoms with E-state index in [0.29, 0.717) is 6.61 Å². The molecule has 0 radical (unpaired) electrons. The highest BCUT2D eigenvalue weighted by atomic mass is 35.6. The largest absolute Gasteiger partial charge is 0.237 e. The van der Waals surface area contributed by atoms with Crippen LogP contribution in [0.15, 0.2) is 0 Å². The van der Waals surface area contributed by atoms with Crippen molar-refractivity contribution in [1.29, 1.82) is 0 Å². The van der Waals surface area contributed by atoms with Crippen molar-refractivity contribution in [2.45, 2.75) is 10.7 Å². The summed E-state index contributed by atoms with van der Waals surface area (Å²) in [5, 5.41) is 0. The maximum Gasteiger partial charge on any atom is 0.216 e. The number of halogens is 3. The molecule has 0 heterocycles. The summed E-state index contributed by atoms with van der Waals surface area (Å²) in [7, 11) is 0. The molecule has 0 aromatic rings. The summed E-state index contributed by atoms with van der Waals surface area (Å²) >= 11 is 15.9. The van der Waals surface area contributed by atoms with Crippen LogP contribution in [0.4, 0.5) is 0 Å². The molecule has 0 N–H and O–H groups in total. The van der Waals surface area contributed by atoms with Crippen molar-refractivity contribution in [2.24, 2.45) is 0 Å². The van der Waals surface area contributed by atoms with Gasteiger partial charge in [0, 0.05) is 0 Å². The Balaban J connectivity index is 3.07. The minimum Gasteiger partial charge on any atom is -0.237 e. The Morgan fingerprint density at radius 3 is 2.11 bits per heavy atom. The fraction of sp³-hybridized carbons (Fsp3) is 1.00. The molecule has 9 heavy (non-hydrogen) atoms. The Morgan fingerprint density at radius 1 is 1.22 bits per heavy atom. The fourth-order valence-corrected chi connectivity index (χ4v) is 0.325. The number of hydrogen-bond acceptors (Lipinski definition) is 2. The Kier molecular flexibility index (Phi) is 4.98. The molecule has 2 nitrogen and oxygen atoms in total. The molecule has 0 aliphatic heterocycles. The van der Waals surface area contributed by atoms with Crippen LogP contribution in [-0.2, 0) is 9.78 Å². The van der Waals surface area contributed by atoms with Gasteiger partial charge in [0.15, 0.2) is 0 Å². The van der Waals surface area contributed by atoms with Gasteiger partial charge >= 0.3 is 0 Å². The van der Waals surface area contributed by atoms with Crippen molar-refractivity contribution < 1.29 is 9.78 Å². The first-order valence-corrected chi connectivity index (χ1v) is 3.51. The summed E-state index contributed by atoms with van der Waals surface area (Å²) < 4.78 is -1.38. The molecule has 0 saturated carbocycles. The zero-order valence-corrected chi connectivity index (χ0v) is 7.13. The van der Waals surface area contributed by atoms with Gasteiger partial charge in [-0.25, -0.2) is 9.78 Å². The summed E-state index contributed by atoms with van der Waals surface area (Å²) in [5.41, 5.74) is 0. The summed E-state index contributed by atoms with van der Waals surface area (Å²) in [6, 6.07) is 0. The minimum atomic E-state index is -1.38. The predicted molar refractivity (Wildman–Crippen MR) is 37.9 cm³/mol. The van der Waals surface area contributed by atoms with Crippen LogP contribution in [-0.4, -0.2) is 17.0 Å². The van der Waals surface area contributed by atoms with Crippen molar-refractivity contribution in [3.05, 3.63) is 0 Å². The van der Waals surface area contributed by atoms with Gasteiger partial charge in [-0.15, -0.1) is 0 Å². The molecule has 56 valence electrons. The van der Waals surface area contributed by atoms with Crippen molar-refractivity contribution >= 4 is 34.8 Å². The van der Waals surface area contributed by atoms with Crippen LogP contribution >= 0.6 is 34.8 Å². The summed E-state index contributed by atoms with van der Waals surface area (Å²) in [4.78, 5) is 8.91. The molecule has 0 aliphatic carbocycles. The number of hydrogen-bond donors (Lipinski definition) is 0. The van der Waals surface area contributed by atoms with E-state index in [1.807, 2.05) is 0 Å². The lowest BCUT2D eigenvalue weighted by molar-refractivity contribution is -0.289. The lowest BCUT2D eigenvalue weighted by atomic mass is 10.8. The van der Waals surface area contributed by atoms with Gasteiger partial charge in [0.2, 0.25) is 3.79 Å². The third-order valence-corrected chi connectivity index (χ3v) is 0.751. The highest BCUT2D eigenvalue weighted by Gasteiger charge is 2.19. The molecule has 0 aromatic carbocycles. The Hall–Kier alpha value is 0.790. The average Bonchev–Trinajstić information content (AvgIpc) is 1.63. The number of alkyl halides is 3. The highest BCUT2D eigenvalue weighted by Crippen LogP contribution is 2.25. The first kappa shape index (κ1) is 9.79. The molecule has 0 aromatic heterocycles. The minimum absolute atomic E-state index is 0.0501. The first-order chi connectivity index (χ1) is 4.06. The van der Waals surface area contributed by atoms with Crippen LogP contribution in [0.2, 0.25) is 0 Å². The topological polar surface area (TPSA) is 18.5 Å². The van der Waals surface area contributed by atoms with E-state index in [1.54, 1.807) is 6.92 Å². The van der Waals surface area contributed by atoms with Gasteiger partial charge in [-0.1, -0.05) is 34.8 Å². The van der Waals surface area contributed by atoms with Crippen LogP contribution in [0.25, 0.3) is 0 Å². The van der Waals surface area contributed by atoms with Gasteiger partial charge in [-0.3, -0.25) is 0 Å². The van der Waals surface area contributed by atoms with Crippen LogP contribution in [0.1, 0.15) is 6.92 Å². The molecule has 0 unspecified atom stereocenters. The third-order valence-electron chi connectivity index (χ3n) is 0.424. The Bertz CT molecular complexity index is 70.7. The zero-order chi connectivity index (χ0) is 7.33. The van der Waals surface area contributed by atoms with E-state index < -0.39 is 3.79 Å². The molecule has 0 amide bonds. The summed E-state index contributed by atoms with van der Waals surface area (Å²) in [6.07, 6.45) is 0. The second kappa shape index (κ2) is 4.58. The van der Waals surface area contributed by atoms with E-state index in [1.165, 1.54) is 0 Å². The molecule has 0 rings (SSSR count). The van der Waals surface area contributed by atoms with E-state index in [0.717, 1.165) is 0 Å². The fourth-order valence-electron chi connectivity index (χ4n) is 0.192. The van der Waals surface area contributed by atoms with Gasteiger partial charge in [-0.2, -0.15) is 0 Å². The molecular formula is C4H7Cl3O2. The van der Waals surface area contributed by atoms with Crippen molar-refractivity contribution in [2.75, 3.05) is 13.2 Å². The predicted octanol–water partition coefficient (Wildman–Crippen LogP) is 2.32. The standard InChI is InChI=1S/C4H7Cl3O2/c1-2-8-9-3-4(5,6)7/h2-3H2,1H3. The molecule has 0 fully saturated rings. The molecule has 5 heteroatoms. The van der Waals surface area contributed by atoms with Gasteiger partial charge < -0.3 is 0 Å². The van der Waals surface area contributed by atoms with Crippen LogP contribution in [0.3, 0.4) is 0 Å². The zero-order valence-electron chi connectivity index (χ0n) is 4.86. The van der Waals surface area contributed by atoms with Gasteiger partial charge in [0.05, 0.1) is 6.61 Å². The lowest BCUT2D eigenvalue weighted by Crippen LogP contribution is -2.12. The Labute approximate surface area is 68.9 Å². The van der Waals surface area contributed by atoms with Crippen LogP contribution in [0.5, 0.6) is 0 Å². The second-order valence-corrected chi connectivity index (χ2v) is 3.80. The molecule has 0 spiro atoms. The van der Waals surface area contributed by atoms with Crippen molar-refractivity contribution in [3.63, 3.8) is 0 Å². The van der Waals surface area contributed by atoms with Gasteiger partial charge in [0.1, 0.15) is 6.61 Å². The Morgan fingerprint density at radius 2 is 1.78 bits per heavy atom. The second-order valence-electron chi connectivity index (χ2n) is 1.28. The monoisotopic (exact) mass is 192 g/mol. The van der Waals surface area contributed by atoms with Gasteiger partial charge in [0.25, 0.3) is 0 Å². The summed E-state index contributed by atoms with van der Waals surface area (Å²) in [6.45, 7) is 2.17. The SMILES string of the molecule is CCOOCC(Cl)(Cl)Cl. The summed E-state index contributed by atoms with van der Waals surface area (Å²) in [5.74, 6) is 0. The van der Waals surface area contributed by atoms with E-state index in [9.17, 15) is 0 Å². The molecule has 0 saturated heterocycles. The van der Waals surface area contributed by atoms with E-state index in [-0.39, 0.29) is 6.61 Å². The van der Waals surface area contributed by atoms with Crippen molar-refractivity contribution in [3.8, 4) is 0 Å². The average molecular weight is 193 g/mol. The quantitative estimate of drug-likeness (QED) is 0.296. The molecule has 0 bridgehead atoms. The maximum absolute atomic E-state index is 5.29. The lowest BCUT2D eigenvalue weighted by Gasteiger charge is -2.08. The van der Waals surface area contributed by atoms with Gasteiger partial charge in [-0.05, 0) is 6.92 Å².